The number of rotatable bonds is 2. The van der Waals surface area contributed by atoms with Crippen molar-refractivity contribution in [2.75, 3.05) is 0 Å². The van der Waals surface area contributed by atoms with Gasteiger partial charge >= 0.3 is 17.7 Å². The molecule has 0 saturated heterocycles. The molecule has 6 heteroatoms. The van der Waals surface area contributed by atoms with Crippen molar-refractivity contribution in [3.63, 3.8) is 0 Å². The Morgan fingerprint density at radius 1 is 1.18 bits per heavy atom. The quantitative estimate of drug-likeness (QED) is 0.599. The van der Waals surface area contributed by atoms with E-state index in [9.17, 15) is 18.0 Å². The maximum absolute atomic E-state index is 12.5. The molecular formula is C11H5F3O3. The van der Waals surface area contributed by atoms with Gasteiger partial charge in [-0.05, 0) is 12.1 Å². The van der Waals surface area contributed by atoms with E-state index in [4.69, 9.17) is 4.42 Å². The Labute approximate surface area is 92.7 Å². The highest BCUT2D eigenvalue weighted by molar-refractivity contribution is 5.77. The minimum atomic E-state index is -2.64. The number of benzene rings is 1. The average molecular weight is 242 g/mol. The highest BCUT2D eigenvalue weighted by Crippen LogP contribution is 2.20. The number of hydrogen-bond acceptors (Lipinski definition) is 3. The van der Waals surface area contributed by atoms with E-state index in [0.717, 1.165) is 6.07 Å². The summed E-state index contributed by atoms with van der Waals surface area (Å²) < 4.78 is 45.0. The lowest BCUT2D eigenvalue weighted by Gasteiger charge is -2.01. The van der Waals surface area contributed by atoms with E-state index in [2.05, 4.69) is 4.74 Å². The summed E-state index contributed by atoms with van der Waals surface area (Å²) >= 11 is 0. The average Bonchev–Trinajstić information content (AvgIpc) is 2.29. The molecule has 1 heterocycles. The van der Waals surface area contributed by atoms with E-state index in [1.165, 1.54) is 6.07 Å². The monoisotopic (exact) mass is 242 g/mol. The third-order valence-electron chi connectivity index (χ3n) is 1.96. The lowest BCUT2D eigenvalue weighted by molar-refractivity contribution is 0.235. The van der Waals surface area contributed by atoms with Crippen LogP contribution in [0.5, 0.6) is 5.75 Å². The van der Waals surface area contributed by atoms with Crippen molar-refractivity contribution >= 4 is 11.0 Å². The Morgan fingerprint density at radius 3 is 2.59 bits per heavy atom. The largest absolute Gasteiger partial charge is 0.420 e. The van der Waals surface area contributed by atoms with E-state index in [1.54, 1.807) is 18.2 Å². The molecule has 0 aliphatic carbocycles. The third kappa shape index (κ3) is 2.30. The SMILES string of the molecule is O=c1oc2ccccc2cc1OC(F)=C(F)F. The summed E-state index contributed by atoms with van der Waals surface area (Å²) in [5.41, 5.74) is -0.768. The number of para-hydroxylation sites is 1. The van der Waals surface area contributed by atoms with Crippen LogP contribution >= 0.6 is 0 Å². The first kappa shape index (κ1) is 11.3. The Bertz CT molecular complexity index is 642. The van der Waals surface area contributed by atoms with Crippen LogP contribution in [0.4, 0.5) is 13.2 Å². The Kier molecular flexibility index (Phi) is 2.86. The molecule has 0 bridgehead atoms. The summed E-state index contributed by atoms with van der Waals surface area (Å²) in [5.74, 6) is -0.631. The number of fused-ring (bicyclic) bond motifs is 1. The molecule has 0 saturated carbocycles. The lowest BCUT2D eigenvalue weighted by Crippen LogP contribution is -2.05. The van der Waals surface area contributed by atoms with Crippen LogP contribution in [-0.4, -0.2) is 0 Å². The van der Waals surface area contributed by atoms with Crippen molar-refractivity contribution in [3.05, 3.63) is 52.8 Å². The van der Waals surface area contributed by atoms with E-state index in [1.807, 2.05) is 0 Å². The first-order chi connectivity index (χ1) is 8.08. The molecule has 0 atom stereocenters. The smallest absolute Gasteiger partial charge is 0.379 e. The van der Waals surface area contributed by atoms with Gasteiger partial charge in [0.2, 0.25) is 5.75 Å². The summed E-state index contributed by atoms with van der Waals surface area (Å²) in [5, 5.41) is 0.439. The van der Waals surface area contributed by atoms with Gasteiger partial charge < -0.3 is 9.15 Å². The van der Waals surface area contributed by atoms with E-state index >= 15 is 0 Å². The van der Waals surface area contributed by atoms with Crippen molar-refractivity contribution in [1.29, 1.82) is 0 Å². The van der Waals surface area contributed by atoms with Crippen LogP contribution in [-0.2, 0) is 0 Å². The van der Waals surface area contributed by atoms with Crippen LogP contribution in [0.1, 0.15) is 0 Å². The minimum absolute atomic E-state index is 0.259. The van der Waals surface area contributed by atoms with Gasteiger partial charge in [0.15, 0.2) is 0 Å². The second-order valence-corrected chi connectivity index (χ2v) is 3.07. The molecule has 3 nitrogen and oxygen atoms in total. The predicted molar refractivity (Wildman–Crippen MR) is 53.5 cm³/mol. The summed E-state index contributed by atoms with van der Waals surface area (Å²) in [6.07, 6.45) is -2.64. The maximum atomic E-state index is 12.5. The molecule has 0 unspecified atom stereocenters. The number of halogens is 3. The summed E-state index contributed by atoms with van der Waals surface area (Å²) in [6, 6.07) is 5.37. The zero-order valence-corrected chi connectivity index (χ0v) is 8.25. The standard InChI is InChI=1S/C11H5F3O3/c12-9(13)10(14)16-8-5-6-3-1-2-4-7(6)17-11(8)15/h1-5H. The molecule has 2 aromatic rings. The molecular weight excluding hydrogens is 237 g/mol. The van der Waals surface area contributed by atoms with Gasteiger partial charge in [0.25, 0.3) is 0 Å². The fourth-order valence-electron chi connectivity index (χ4n) is 1.25. The highest BCUT2D eigenvalue weighted by atomic mass is 19.3. The van der Waals surface area contributed by atoms with Gasteiger partial charge in [0.1, 0.15) is 5.58 Å². The van der Waals surface area contributed by atoms with Crippen molar-refractivity contribution < 1.29 is 22.3 Å². The van der Waals surface area contributed by atoms with Gasteiger partial charge in [0.05, 0.1) is 0 Å². The Hall–Kier alpha value is -2.24. The van der Waals surface area contributed by atoms with Crippen LogP contribution in [0, 0.1) is 0 Å². The fraction of sp³-hybridized carbons (Fsp3) is 0. The first-order valence-electron chi connectivity index (χ1n) is 4.49. The molecule has 0 amide bonds. The van der Waals surface area contributed by atoms with Crippen LogP contribution in [0.2, 0.25) is 0 Å². The number of ether oxygens (including phenoxy) is 1. The van der Waals surface area contributed by atoms with E-state index in [0.29, 0.717) is 5.39 Å². The molecule has 0 fully saturated rings. The second kappa shape index (κ2) is 4.32. The first-order valence-corrected chi connectivity index (χ1v) is 4.49. The van der Waals surface area contributed by atoms with Crippen molar-refractivity contribution in [2.24, 2.45) is 0 Å². The van der Waals surface area contributed by atoms with E-state index < -0.39 is 23.5 Å². The van der Waals surface area contributed by atoms with Gasteiger partial charge in [-0.15, -0.1) is 0 Å². The third-order valence-corrected chi connectivity index (χ3v) is 1.96. The molecule has 0 N–H and O–H groups in total. The van der Waals surface area contributed by atoms with Gasteiger partial charge in [-0.2, -0.15) is 13.2 Å². The lowest BCUT2D eigenvalue weighted by atomic mass is 10.2. The van der Waals surface area contributed by atoms with E-state index in [-0.39, 0.29) is 5.58 Å². The van der Waals surface area contributed by atoms with Gasteiger partial charge in [-0.3, -0.25) is 0 Å². The zero-order chi connectivity index (χ0) is 12.4. The molecule has 1 aromatic heterocycles. The number of hydrogen-bond donors (Lipinski definition) is 0. The summed E-state index contributed by atoms with van der Waals surface area (Å²) in [6.45, 7) is 0. The topological polar surface area (TPSA) is 39.4 Å². The maximum Gasteiger partial charge on any atom is 0.379 e. The Balaban J connectivity index is 2.52. The van der Waals surface area contributed by atoms with Crippen molar-refractivity contribution in [1.82, 2.24) is 0 Å². The Morgan fingerprint density at radius 2 is 1.88 bits per heavy atom. The summed E-state index contributed by atoms with van der Waals surface area (Å²) in [7, 11) is 0. The van der Waals surface area contributed by atoms with Gasteiger partial charge in [0, 0.05) is 5.39 Å². The highest BCUT2D eigenvalue weighted by Gasteiger charge is 2.12. The molecule has 88 valence electrons. The normalized spacial score (nSPS) is 10.3. The van der Waals surface area contributed by atoms with Gasteiger partial charge in [-0.1, -0.05) is 18.2 Å². The predicted octanol–water partition coefficient (Wildman–Crippen LogP) is 3.21. The molecule has 0 spiro atoms. The molecule has 2 rings (SSSR count). The van der Waals surface area contributed by atoms with Crippen LogP contribution in [0.15, 0.2) is 51.6 Å². The fourth-order valence-corrected chi connectivity index (χ4v) is 1.25. The van der Waals surface area contributed by atoms with Gasteiger partial charge in [-0.25, -0.2) is 4.79 Å². The van der Waals surface area contributed by atoms with Crippen molar-refractivity contribution in [2.45, 2.75) is 0 Å². The molecule has 0 aliphatic heterocycles. The second-order valence-electron chi connectivity index (χ2n) is 3.07. The molecule has 0 radical (unpaired) electrons. The molecule has 0 aliphatic rings. The van der Waals surface area contributed by atoms with Crippen LogP contribution < -0.4 is 10.4 Å². The van der Waals surface area contributed by atoms with Crippen molar-refractivity contribution in [3.8, 4) is 5.75 Å². The van der Waals surface area contributed by atoms with Crippen LogP contribution in [0.25, 0.3) is 11.0 Å². The zero-order valence-electron chi connectivity index (χ0n) is 8.25. The molecule has 17 heavy (non-hydrogen) atoms. The molecule has 1 aromatic carbocycles. The van der Waals surface area contributed by atoms with Crippen LogP contribution in [0.3, 0.4) is 0 Å². The summed E-state index contributed by atoms with van der Waals surface area (Å²) in [4.78, 5) is 11.3. The minimum Gasteiger partial charge on any atom is -0.420 e.